The number of nitrogens with zero attached hydrogens (tertiary/aromatic N) is 4. The summed E-state index contributed by atoms with van der Waals surface area (Å²) in [5, 5.41) is 2.79. The first kappa shape index (κ1) is 24.8. The van der Waals surface area contributed by atoms with Crippen LogP contribution in [-0.4, -0.2) is 49.5 Å². The number of ether oxygens (including phenoxy) is 1. The van der Waals surface area contributed by atoms with Crippen molar-refractivity contribution in [1.82, 2.24) is 24.6 Å². The van der Waals surface area contributed by atoms with E-state index in [4.69, 9.17) is 10.5 Å². The van der Waals surface area contributed by atoms with Gasteiger partial charge < -0.3 is 20.7 Å². The van der Waals surface area contributed by atoms with Crippen LogP contribution in [0.1, 0.15) is 55.2 Å². The van der Waals surface area contributed by atoms with Crippen LogP contribution in [0.4, 0.5) is 23.8 Å². The van der Waals surface area contributed by atoms with Gasteiger partial charge in [0.05, 0.1) is 17.9 Å². The summed E-state index contributed by atoms with van der Waals surface area (Å²) in [6.45, 7) is 5.93. The van der Waals surface area contributed by atoms with E-state index in [-0.39, 0.29) is 35.9 Å². The number of imidazole rings is 1. The number of fused-ring (bicyclic) bond motifs is 2. The lowest BCUT2D eigenvalue weighted by molar-refractivity contribution is -0.141. The summed E-state index contributed by atoms with van der Waals surface area (Å²) in [5.74, 6) is -0.188. The normalized spacial score (nSPS) is 16.7. The molecule has 0 spiro atoms. The maximum atomic E-state index is 13.3. The van der Waals surface area contributed by atoms with Crippen molar-refractivity contribution in [2.75, 3.05) is 12.3 Å². The maximum Gasteiger partial charge on any atom is 0.434 e. The van der Waals surface area contributed by atoms with Gasteiger partial charge in [-0.1, -0.05) is 6.07 Å². The van der Waals surface area contributed by atoms with E-state index in [1.54, 1.807) is 43.9 Å². The molecule has 1 fully saturated rings. The van der Waals surface area contributed by atoms with E-state index in [9.17, 15) is 22.8 Å². The zero-order valence-electron chi connectivity index (χ0n) is 20.6. The number of amides is 2. The molecule has 196 valence electrons. The number of carbonyl (C=O) groups excluding carboxylic acids is 2. The Hall–Kier alpha value is -3.83. The Morgan fingerprint density at radius 1 is 1.27 bits per heavy atom. The van der Waals surface area contributed by atoms with Crippen LogP contribution in [-0.2, 0) is 17.5 Å². The summed E-state index contributed by atoms with van der Waals surface area (Å²) in [4.78, 5) is 34.8. The number of hydrogen-bond acceptors (Lipinski definition) is 6. The van der Waals surface area contributed by atoms with Crippen LogP contribution in [0.2, 0.25) is 0 Å². The first-order chi connectivity index (χ1) is 17.3. The predicted octanol–water partition coefficient (Wildman–Crippen LogP) is 4.26. The highest BCUT2D eigenvalue weighted by Crippen LogP contribution is 2.39. The lowest BCUT2D eigenvalue weighted by atomic mass is 10.0. The molecule has 12 heteroatoms. The third-order valence-electron chi connectivity index (χ3n) is 6.46. The van der Waals surface area contributed by atoms with Crippen LogP contribution in [0.3, 0.4) is 0 Å². The number of alkyl carbamates (subject to hydrolysis) is 1. The number of carbonyl (C=O) groups is 2. The van der Waals surface area contributed by atoms with Gasteiger partial charge >= 0.3 is 12.3 Å². The third kappa shape index (κ3) is 4.92. The molecular formula is C25H27F3N6O3. The molecular weight excluding hydrogens is 489 g/mol. The van der Waals surface area contributed by atoms with Crippen molar-refractivity contribution < 1.29 is 27.5 Å². The Morgan fingerprint density at radius 3 is 2.65 bits per heavy atom. The van der Waals surface area contributed by atoms with Gasteiger partial charge in [0, 0.05) is 30.4 Å². The predicted molar refractivity (Wildman–Crippen MR) is 128 cm³/mol. The Labute approximate surface area is 210 Å². The monoisotopic (exact) mass is 516 g/mol. The molecule has 0 saturated heterocycles. The van der Waals surface area contributed by atoms with Crippen LogP contribution >= 0.6 is 0 Å². The van der Waals surface area contributed by atoms with E-state index >= 15 is 0 Å². The average Bonchev–Trinajstić information content (AvgIpc) is 3.45. The summed E-state index contributed by atoms with van der Waals surface area (Å²) >= 11 is 0. The number of anilines is 1. The standard InChI is InChI=1S/C25H27F3N6O3/c1-24(2,3)37-23(36)31-10-17(13-4-5-13)34-11-15-8-14(6-7-16(15)22(34)35)18-9-30-21-20(29)32-19(12-33(18)21)25(26,27)28/h6-9,12-13,17H,4-5,10-11H2,1-3H3,(H2,29,32)(H,31,36). The minimum absolute atomic E-state index is 0.114. The minimum Gasteiger partial charge on any atom is -0.444 e. The van der Waals surface area contributed by atoms with Gasteiger partial charge in [-0.05, 0) is 57.2 Å². The molecule has 1 aliphatic carbocycles. The second kappa shape index (κ2) is 8.63. The minimum atomic E-state index is -4.67. The molecule has 1 aromatic carbocycles. The van der Waals surface area contributed by atoms with Gasteiger partial charge in [0.25, 0.3) is 5.91 Å². The number of nitrogens with one attached hydrogen (secondary N) is 1. The Balaban J connectivity index is 1.40. The summed E-state index contributed by atoms with van der Waals surface area (Å²) in [7, 11) is 0. The van der Waals surface area contributed by atoms with Crippen molar-refractivity contribution in [2.45, 2.75) is 58.0 Å². The van der Waals surface area contributed by atoms with E-state index in [1.165, 1.54) is 10.6 Å². The van der Waals surface area contributed by atoms with Gasteiger partial charge in [-0.2, -0.15) is 13.2 Å². The summed E-state index contributed by atoms with van der Waals surface area (Å²) in [6, 6.07) is 4.95. The summed E-state index contributed by atoms with van der Waals surface area (Å²) in [5.41, 5.74) is 6.36. The smallest absolute Gasteiger partial charge is 0.434 e. The molecule has 2 aromatic heterocycles. The largest absolute Gasteiger partial charge is 0.444 e. The topological polar surface area (TPSA) is 115 Å². The molecule has 5 rings (SSSR count). The molecule has 1 saturated carbocycles. The van der Waals surface area contributed by atoms with Crippen molar-refractivity contribution >= 4 is 23.5 Å². The van der Waals surface area contributed by atoms with Crippen LogP contribution in [0.25, 0.3) is 16.9 Å². The van der Waals surface area contributed by atoms with Gasteiger partial charge in [-0.3, -0.25) is 9.20 Å². The quantitative estimate of drug-likeness (QED) is 0.524. The molecule has 3 heterocycles. The molecule has 3 N–H and O–H groups in total. The van der Waals surface area contributed by atoms with Crippen LogP contribution < -0.4 is 11.1 Å². The van der Waals surface area contributed by atoms with Crippen LogP contribution in [0.15, 0.2) is 30.6 Å². The number of benzene rings is 1. The fourth-order valence-electron chi connectivity index (χ4n) is 4.65. The Bertz CT molecular complexity index is 1390. The molecule has 1 aliphatic heterocycles. The molecule has 37 heavy (non-hydrogen) atoms. The van der Waals surface area contributed by atoms with Crippen molar-refractivity contribution in [3.8, 4) is 11.3 Å². The van der Waals surface area contributed by atoms with Gasteiger partial charge in [0.15, 0.2) is 17.2 Å². The number of halogens is 3. The highest BCUT2D eigenvalue weighted by molar-refractivity contribution is 5.99. The lowest BCUT2D eigenvalue weighted by Gasteiger charge is -2.29. The number of alkyl halides is 3. The maximum absolute atomic E-state index is 13.3. The second-order valence-corrected chi connectivity index (χ2v) is 10.4. The zero-order valence-corrected chi connectivity index (χ0v) is 20.6. The third-order valence-corrected chi connectivity index (χ3v) is 6.46. The van der Waals surface area contributed by atoms with Crippen LogP contribution in [0.5, 0.6) is 0 Å². The number of nitrogen functional groups attached to an aromatic ring is 1. The van der Waals surface area contributed by atoms with Crippen LogP contribution in [0, 0.1) is 5.92 Å². The number of nitrogens with two attached hydrogens (primary N) is 1. The molecule has 1 atom stereocenters. The Kier molecular flexibility index (Phi) is 5.80. The van der Waals surface area contributed by atoms with E-state index in [0.29, 0.717) is 23.4 Å². The molecule has 2 aliphatic rings. The van der Waals surface area contributed by atoms with Crippen molar-refractivity contribution in [2.24, 2.45) is 5.92 Å². The summed E-state index contributed by atoms with van der Waals surface area (Å²) in [6.07, 6.45) is -0.981. The van der Waals surface area contributed by atoms with Gasteiger partial charge in [-0.15, -0.1) is 0 Å². The van der Waals surface area contributed by atoms with E-state index in [0.717, 1.165) is 24.6 Å². The molecule has 3 aromatic rings. The molecule has 0 radical (unpaired) electrons. The Morgan fingerprint density at radius 2 is 2.00 bits per heavy atom. The number of rotatable bonds is 5. The summed E-state index contributed by atoms with van der Waals surface area (Å²) < 4.78 is 46.5. The lowest BCUT2D eigenvalue weighted by Crippen LogP contribution is -2.46. The van der Waals surface area contributed by atoms with Gasteiger partial charge in [-0.25, -0.2) is 14.8 Å². The van der Waals surface area contributed by atoms with E-state index < -0.39 is 23.6 Å². The first-order valence-corrected chi connectivity index (χ1v) is 11.9. The van der Waals surface area contributed by atoms with Gasteiger partial charge in [0.1, 0.15) is 5.60 Å². The highest BCUT2D eigenvalue weighted by atomic mass is 19.4. The molecule has 0 bridgehead atoms. The fourth-order valence-corrected chi connectivity index (χ4v) is 4.65. The molecule has 2 amide bonds. The van der Waals surface area contributed by atoms with Crippen molar-refractivity contribution in [3.05, 3.63) is 47.4 Å². The second-order valence-electron chi connectivity index (χ2n) is 10.4. The van der Waals surface area contributed by atoms with Crippen molar-refractivity contribution in [1.29, 1.82) is 0 Å². The fraction of sp³-hybridized carbons (Fsp3) is 0.440. The van der Waals surface area contributed by atoms with Crippen molar-refractivity contribution in [3.63, 3.8) is 0 Å². The van der Waals surface area contributed by atoms with E-state index in [2.05, 4.69) is 15.3 Å². The SMILES string of the molecule is CC(C)(C)OC(=O)NCC(C1CC1)N1Cc2cc(-c3cnc4c(N)nc(C(F)(F)F)cn34)ccc2C1=O. The molecule has 1 unspecified atom stereocenters. The average molecular weight is 517 g/mol. The van der Waals surface area contributed by atoms with Gasteiger partial charge in [0.2, 0.25) is 0 Å². The number of aromatic nitrogens is 3. The molecule has 9 nitrogen and oxygen atoms in total. The van der Waals surface area contributed by atoms with E-state index in [1.807, 2.05) is 0 Å². The zero-order chi connectivity index (χ0) is 26.7. The highest BCUT2D eigenvalue weighted by Gasteiger charge is 2.41. The first-order valence-electron chi connectivity index (χ1n) is 11.9. The number of hydrogen-bond donors (Lipinski definition) is 2.